The molecule has 0 amide bonds. The lowest BCUT2D eigenvalue weighted by Gasteiger charge is -2.23. The molecule has 1 aromatic carbocycles. The Kier molecular flexibility index (Phi) is 4.83. The summed E-state index contributed by atoms with van der Waals surface area (Å²) in [7, 11) is -3.45. The Labute approximate surface area is 124 Å². The van der Waals surface area contributed by atoms with Crippen molar-refractivity contribution >= 4 is 27.0 Å². The second kappa shape index (κ2) is 6.41. The van der Waals surface area contributed by atoms with Crippen molar-refractivity contribution in [2.24, 2.45) is 0 Å². The van der Waals surface area contributed by atoms with Crippen LogP contribution < -0.4 is 4.31 Å². The van der Waals surface area contributed by atoms with Crippen molar-refractivity contribution in [2.75, 3.05) is 10.8 Å². The Bertz CT molecular complexity index is 648. The third-order valence-electron chi connectivity index (χ3n) is 3.02. The van der Waals surface area contributed by atoms with Crippen molar-refractivity contribution in [1.29, 1.82) is 0 Å². The molecule has 0 radical (unpaired) electrons. The SMILES string of the molecule is CCCCN(c1ccccc1)S(=O)(=O)c1ccc(C)s1. The van der Waals surface area contributed by atoms with Gasteiger partial charge < -0.3 is 0 Å². The lowest BCUT2D eigenvalue weighted by molar-refractivity contribution is 0.590. The maximum Gasteiger partial charge on any atom is 0.273 e. The van der Waals surface area contributed by atoms with E-state index < -0.39 is 10.0 Å². The van der Waals surface area contributed by atoms with Crippen LogP contribution in [0.1, 0.15) is 24.6 Å². The van der Waals surface area contributed by atoms with Crippen LogP contribution in [0, 0.1) is 6.92 Å². The first kappa shape index (κ1) is 15.1. The van der Waals surface area contributed by atoms with Gasteiger partial charge in [-0.3, -0.25) is 4.31 Å². The lowest BCUT2D eigenvalue weighted by Crippen LogP contribution is -2.31. The van der Waals surface area contributed by atoms with Crippen LogP contribution in [0.3, 0.4) is 0 Å². The van der Waals surface area contributed by atoms with E-state index >= 15 is 0 Å². The highest BCUT2D eigenvalue weighted by molar-refractivity contribution is 7.94. The molecule has 0 aliphatic heterocycles. The van der Waals surface area contributed by atoms with Crippen molar-refractivity contribution in [1.82, 2.24) is 0 Å². The number of anilines is 1. The van der Waals surface area contributed by atoms with E-state index in [-0.39, 0.29) is 0 Å². The van der Waals surface area contributed by atoms with Crippen LogP contribution in [0.25, 0.3) is 0 Å². The summed E-state index contributed by atoms with van der Waals surface area (Å²) in [6.45, 7) is 4.49. The van der Waals surface area contributed by atoms with E-state index in [4.69, 9.17) is 0 Å². The summed E-state index contributed by atoms with van der Waals surface area (Å²) in [6, 6.07) is 12.8. The van der Waals surface area contributed by atoms with Gasteiger partial charge in [-0.2, -0.15) is 0 Å². The summed E-state index contributed by atoms with van der Waals surface area (Å²) < 4.78 is 27.5. The van der Waals surface area contributed by atoms with Gasteiger partial charge in [0.05, 0.1) is 5.69 Å². The van der Waals surface area contributed by atoms with Gasteiger partial charge in [-0.1, -0.05) is 31.5 Å². The Morgan fingerprint density at radius 3 is 2.35 bits per heavy atom. The molecule has 5 heteroatoms. The molecule has 0 aliphatic carbocycles. The molecule has 0 atom stereocenters. The van der Waals surface area contributed by atoms with Gasteiger partial charge in [-0.25, -0.2) is 8.42 Å². The van der Waals surface area contributed by atoms with Gasteiger partial charge >= 0.3 is 0 Å². The molecule has 0 fully saturated rings. The molecule has 0 spiro atoms. The molecular weight excluding hydrogens is 290 g/mol. The van der Waals surface area contributed by atoms with Crippen molar-refractivity contribution in [3.8, 4) is 0 Å². The first-order valence-corrected chi connectivity index (χ1v) is 8.95. The first-order chi connectivity index (χ1) is 9.55. The Balaban J connectivity index is 2.40. The molecule has 0 aliphatic rings. The van der Waals surface area contributed by atoms with Crippen molar-refractivity contribution in [3.63, 3.8) is 0 Å². The van der Waals surface area contributed by atoms with Crippen LogP contribution in [0.15, 0.2) is 46.7 Å². The normalized spacial score (nSPS) is 11.5. The topological polar surface area (TPSA) is 37.4 Å². The molecule has 2 rings (SSSR count). The minimum absolute atomic E-state index is 0.412. The maximum absolute atomic E-state index is 12.8. The van der Waals surface area contributed by atoms with Crippen molar-refractivity contribution in [3.05, 3.63) is 47.3 Å². The Morgan fingerprint density at radius 1 is 1.10 bits per heavy atom. The van der Waals surface area contributed by atoms with Gasteiger partial charge in [-0.15, -0.1) is 11.3 Å². The Hall–Kier alpha value is -1.33. The molecule has 1 heterocycles. The molecule has 108 valence electrons. The van der Waals surface area contributed by atoms with E-state index in [2.05, 4.69) is 6.92 Å². The number of thiophene rings is 1. The third kappa shape index (κ3) is 3.22. The summed E-state index contributed by atoms with van der Waals surface area (Å²) in [6.07, 6.45) is 1.81. The molecule has 1 aromatic heterocycles. The summed E-state index contributed by atoms with van der Waals surface area (Å²) in [5.41, 5.74) is 0.729. The largest absolute Gasteiger partial charge is 0.273 e. The quantitative estimate of drug-likeness (QED) is 0.807. The number of para-hydroxylation sites is 1. The van der Waals surface area contributed by atoms with E-state index in [0.29, 0.717) is 10.8 Å². The van der Waals surface area contributed by atoms with Crippen LogP contribution >= 0.6 is 11.3 Å². The Morgan fingerprint density at radius 2 is 1.80 bits per heavy atom. The highest BCUT2D eigenvalue weighted by atomic mass is 32.2. The minimum atomic E-state index is -3.45. The molecular formula is C15H19NO2S2. The number of rotatable bonds is 6. The smallest absolute Gasteiger partial charge is 0.266 e. The van der Waals surface area contributed by atoms with E-state index in [1.165, 1.54) is 15.6 Å². The fourth-order valence-electron chi connectivity index (χ4n) is 1.94. The summed E-state index contributed by atoms with van der Waals surface area (Å²) in [4.78, 5) is 1.01. The zero-order valence-electron chi connectivity index (χ0n) is 11.7. The van der Waals surface area contributed by atoms with E-state index in [0.717, 1.165) is 23.4 Å². The fourth-order valence-corrected chi connectivity index (χ4v) is 4.84. The highest BCUT2D eigenvalue weighted by Crippen LogP contribution is 2.28. The van der Waals surface area contributed by atoms with Gasteiger partial charge in [-0.05, 0) is 37.6 Å². The van der Waals surface area contributed by atoms with E-state index in [9.17, 15) is 8.42 Å². The maximum atomic E-state index is 12.8. The van der Waals surface area contributed by atoms with Crippen LogP contribution in [0.5, 0.6) is 0 Å². The standard InChI is InChI=1S/C15H19NO2S2/c1-3-4-12-16(14-8-6-5-7-9-14)20(17,18)15-11-10-13(2)19-15/h5-11H,3-4,12H2,1-2H3. The molecule has 0 unspecified atom stereocenters. The van der Waals surface area contributed by atoms with Crippen LogP contribution in [-0.2, 0) is 10.0 Å². The molecule has 0 bridgehead atoms. The molecule has 3 nitrogen and oxygen atoms in total. The average molecular weight is 309 g/mol. The first-order valence-electron chi connectivity index (χ1n) is 6.70. The molecule has 20 heavy (non-hydrogen) atoms. The number of unbranched alkanes of at least 4 members (excludes halogenated alkanes) is 1. The predicted molar refractivity (Wildman–Crippen MR) is 84.9 cm³/mol. The van der Waals surface area contributed by atoms with E-state index in [1.54, 1.807) is 6.07 Å². The van der Waals surface area contributed by atoms with Gasteiger partial charge in [0.2, 0.25) is 0 Å². The summed E-state index contributed by atoms with van der Waals surface area (Å²) in [5.74, 6) is 0. The van der Waals surface area contributed by atoms with Crippen LogP contribution in [-0.4, -0.2) is 15.0 Å². The molecule has 0 saturated carbocycles. The zero-order chi connectivity index (χ0) is 14.6. The fraction of sp³-hybridized carbons (Fsp3) is 0.333. The molecule has 0 saturated heterocycles. The highest BCUT2D eigenvalue weighted by Gasteiger charge is 2.25. The number of benzene rings is 1. The van der Waals surface area contributed by atoms with Crippen molar-refractivity contribution < 1.29 is 8.42 Å². The second-order valence-corrected chi connectivity index (χ2v) is 8.01. The van der Waals surface area contributed by atoms with Crippen molar-refractivity contribution in [2.45, 2.75) is 30.9 Å². The van der Waals surface area contributed by atoms with E-state index in [1.807, 2.05) is 43.3 Å². The summed E-state index contributed by atoms with van der Waals surface area (Å²) in [5, 5.41) is 0. The third-order valence-corrected chi connectivity index (χ3v) is 6.31. The summed E-state index contributed by atoms with van der Waals surface area (Å²) >= 11 is 1.32. The van der Waals surface area contributed by atoms with Crippen LogP contribution in [0.4, 0.5) is 5.69 Å². The average Bonchev–Trinajstić information content (AvgIpc) is 2.88. The van der Waals surface area contributed by atoms with Gasteiger partial charge in [0, 0.05) is 11.4 Å². The van der Waals surface area contributed by atoms with Crippen LogP contribution in [0.2, 0.25) is 0 Å². The van der Waals surface area contributed by atoms with Gasteiger partial charge in [0.25, 0.3) is 10.0 Å². The van der Waals surface area contributed by atoms with Gasteiger partial charge in [0.1, 0.15) is 4.21 Å². The number of hydrogen-bond acceptors (Lipinski definition) is 3. The zero-order valence-corrected chi connectivity index (χ0v) is 13.4. The minimum Gasteiger partial charge on any atom is -0.266 e. The number of hydrogen-bond donors (Lipinski definition) is 0. The number of nitrogens with zero attached hydrogens (tertiary/aromatic N) is 1. The van der Waals surface area contributed by atoms with Gasteiger partial charge in [0.15, 0.2) is 0 Å². The molecule has 2 aromatic rings. The lowest BCUT2D eigenvalue weighted by atomic mass is 10.3. The predicted octanol–water partition coefficient (Wildman–Crippen LogP) is 4.05. The monoisotopic (exact) mass is 309 g/mol. The number of sulfonamides is 1. The number of aryl methyl sites for hydroxylation is 1. The molecule has 0 N–H and O–H groups in total. The second-order valence-electron chi connectivity index (χ2n) is 4.63.